The molecule has 3 aromatic carbocycles. The number of nitrogens with zero attached hydrogens (tertiary/aromatic N) is 3. The van der Waals surface area contributed by atoms with Crippen molar-refractivity contribution >= 4 is 40.0 Å². The molecular weight excluding hydrogens is 476 g/mol. The Morgan fingerprint density at radius 2 is 1.69 bits per heavy atom. The van der Waals surface area contributed by atoms with Crippen molar-refractivity contribution < 1.29 is 18.4 Å². The maximum Gasteiger partial charge on any atom is 0.255 e. The number of halogens is 3. The molecule has 0 spiro atoms. The summed E-state index contributed by atoms with van der Waals surface area (Å²) in [6.45, 7) is 0. The highest BCUT2D eigenvalue weighted by Crippen LogP contribution is 2.29. The normalized spacial score (nSPS) is 10.9. The van der Waals surface area contributed by atoms with Crippen molar-refractivity contribution in [2.75, 3.05) is 5.32 Å². The summed E-state index contributed by atoms with van der Waals surface area (Å²) in [6.07, 6.45) is 4.83. The van der Waals surface area contributed by atoms with E-state index in [1.165, 1.54) is 36.4 Å². The molecule has 0 aliphatic heterocycles. The van der Waals surface area contributed by atoms with Gasteiger partial charge in [0.1, 0.15) is 5.82 Å². The number of H-pyrrole nitrogens is 1. The summed E-state index contributed by atoms with van der Waals surface area (Å²) < 4.78 is 28.5. The lowest BCUT2D eigenvalue weighted by molar-refractivity contribution is 0.101. The highest BCUT2D eigenvalue weighted by molar-refractivity contribution is 6.35. The van der Waals surface area contributed by atoms with Gasteiger partial charge in [-0.1, -0.05) is 11.6 Å². The van der Waals surface area contributed by atoms with Gasteiger partial charge < -0.3 is 5.32 Å². The molecule has 1 amide bonds. The van der Waals surface area contributed by atoms with E-state index in [1.54, 1.807) is 24.7 Å². The highest BCUT2D eigenvalue weighted by atomic mass is 35.5. The van der Waals surface area contributed by atoms with Gasteiger partial charge in [0.25, 0.3) is 5.91 Å². The fraction of sp³-hybridized carbons (Fsp3) is 0. The third-order valence-electron chi connectivity index (χ3n) is 5.27. The fourth-order valence-corrected chi connectivity index (χ4v) is 3.71. The first kappa shape index (κ1) is 22.3. The first-order valence-electron chi connectivity index (χ1n) is 10.3. The van der Waals surface area contributed by atoms with E-state index >= 15 is 4.39 Å². The standard InChI is InChI=1S/C25H14ClF2N5O2/c26-17-6-8-19(33-25(35)13-1-4-16(27)5-2-13)23(28)22(17)24(34)14-3-7-18-20(9-14)32-21(12-29-18)15-10-30-31-11-15/h1-12H,(H,30,31)(H,33,35). The van der Waals surface area contributed by atoms with Crippen LogP contribution in [0.5, 0.6) is 0 Å². The van der Waals surface area contributed by atoms with Crippen LogP contribution < -0.4 is 5.32 Å². The molecule has 2 aromatic heterocycles. The molecule has 5 rings (SSSR count). The third kappa shape index (κ3) is 4.36. The van der Waals surface area contributed by atoms with Gasteiger partial charge in [0, 0.05) is 22.9 Å². The van der Waals surface area contributed by atoms with E-state index in [0.29, 0.717) is 16.7 Å². The molecule has 172 valence electrons. The summed E-state index contributed by atoms with van der Waals surface area (Å²) in [5, 5.41) is 8.86. The van der Waals surface area contributed by atoms with Crippen LogP contribution in [-0.2, 0) is 0 Å². The van der Waals surface area contributed by atoms with Crippen LogP contribution in [0.4, 0.5) is 14.5 Å². The lowest BCUT2D eigenvalue weighted by Gasteiger charge is -2.12. The number of hydrogen-bond donors (Lipinski definition) is 2. The summed E-state index contributed by atoms with van der Waals surface area (Å²) in [4.78, 5) is 34.5. The minimum absolute atomic E-state index is 0.120. The van der Waals surface area contributed by atoms with E-state index in [1.807, 2.05) is 0 Å². The van der Waals surface area contributed by atoms with E-state index in [0.717, 1.165) is 17.7 Å². The minimum Gasteiger partial charge on any atom is -0.319 e. The molecule has 0 saturated heterocycles. The molecule has 2 N–H and O–H groups in total. The Balaban J connectivity index is 1.49. The van der Waals surface area contributed by atoms with Crippen LogP contribution in [0, 0.1) is 11.6 Å². The minimum atomic E-state index is -0.990. The van der Waals surface area contributed by atoms with Crippen LogP contribution in [0.3, 0.4) is 0 Å². The van der Waals surface area contributed by atoms with Gasteiger partial charge in [0.15, 0.2) is 11.6 Å². The largest absolute Gasteiger partial charge is 0.319 e. The van der Waals surface area contributed by atoms with Gasteiger partial charge in [-0.05, 0) is 54.6 Å². The smallest absolute Gasteiger partial charge is 0.255 e. The summed E-state index contributed by atoms with van der Waals surface area (Å²) in [5.74, 6) is -2.86. The predicted molar refractivity (Wildman–Crippen MR) is 126 cm³/mol. The van der Waals surface area contributed by atoms with Crippen LogP contribution in [0.2, 0.25) is 5.02 Å². The van der Waals surface area contributed by atoms with Crippen molar-refractivity contribution in [2.45, 2.75) is 0 Å². The second kappa shape index (κ2) is 9.03. The first-order valence-corrected chi connectivity index (χ1v) is 10.6. The van der Waals surface area contributed by atoms with Crippen LogP contribution >= 0.6 is 11.6 Å². The number of aromatic amines is 1. The van der Waals surface area contributed by atoms with Crippen molar-refractivity contribution in [1.82, 2.24) is 20.2 Å². The Morgan fingerprint density at radius 1 is 0.914 bits per heavy atom. The number of benzene rings is 3. The van der Waals surface area contributed by atoms with E-state index in [4.69, 9.17) is 11.6 Å². The summed E-state index contributed by atoms with van der Waals surface area (Å²) in [6, 6.07) is 11.9. The number of anilines is 1. The molecule has 0 atom stereocenters. The Bertz CT molecular complexity index is 1590. The van der Waals surface area contributed by atoms with Crippen molar-refractivity contribution in [2.24, 2.45) is 0 Å². The number of ketones is 1. The molecular formula is C25H14ClF2N5O2. The average molecular weight is 490 g/mol. The molecule has 0 aliphatic carbocycles. The molecule has 0 fully saturated rings. The monoisotopic (exact) mass is 489 g/mol. The molecule has 0 aliphatic rings. The van der Waals surface area contributed by atoms with Crippen molar-refractivity contribution in [1.29, 1.82) is 0 Å². The van der Waals surface area contributed by atoms with Crippen molar-refractivity contribution in [3.63, 3.8) is 0 Å². The second-order valence-electron chi connectivity index (χ2n) is 7.52. The summed E-state index contributed by atoms with van der Waals surface area (Å²) in [7, 11) is 0. The zero-order valence-corrected chi connectivity index (χ0v) is 18.5. The number of hydrogen-bond acceptors (Lipinski definition) is 5. The van der Waals surface area contributed by atoms with Crippen molar-refractivity contribution in [3.8, 4) is 11.3 Å². The summed E-state index contributed by atoms with van der Waals surface area (Å²) in [5.41, 5.74) is 1.85. The molecule has 7 nitrogen and oxygen atoms in total. The molecule has 2 heterocycles. The van der Waals surface area contributed by atoms with Gasteiger partial charge >= 0.3 is 0 Å². The van der Waals surface area contributed by atoms with Gasteiger partial charge in [-0.15, -0.1) is 0 Å². The molecule has 10 heteroatoms. The van der Waals surface area contributed by atoms with E-state index in [-0.39, 0.29) is 21.8 Å². The van der Waals surface area contributed by atoms with Gasteiger partial charge in [0.2, 0.25) is 0 Å². The van der Waals surface area contributed by atoms with Crippen LogP contribution in [-0.4, -0.2) is 31.9 Å². The third-order valence-corrected chi connectivity index (χ3v) is 5.59. The van der Waals surface area contributed by atoms with Gasteiger partial charge in [-0.25, -0.2) is 13.8 Å². The average Bonchev–Trinajstić information content (AvgIpc) is 3.40. The molecule has 0 radical (unpaired) electrons. The number of amides is 1. The lowest BCUT2D eigenvalue weighted by atomic mass is 10.0. The van der Waals surface area contributed by atoms with E-state index in [2.05, 4.69) is 25.5 Å². The Labute approximate surface area is 201 Å². The Hall–Kier alpha value is -4.50. The maximum atomic E-state index is 15.4. The van der Waals surface area contributed by atoms with Gasteiger partial charge in [-0.2, -0.15) is 5.10 Å². The fourth-order valence-electron chi connectivity index (χ4n) is 3.48. The van der Waals surface area contributed by atoms with E-state index in [9.17, 15) is 14.0 Å². The molecule has 0 bridgehead atoms. The number of fused-ring (bicyclic) bond motifs is 1. The predicted octanol–water partition coefficient (Wildman–Crippen LogP) is 5.43. The molecule has 0 unspecified atom stereocenters. The quantitative estimate of drug-likeness (QED) is 0.320. The van der Waals surface area contributed by atoms with Crippen molar-refractivity contribution in [3.05, 3.63) is 107 Å². The molecule has 35 heavy (non-hydrogen) atoms. The Morgan fingerprint density at radius 3 is 2.43 bits per heavy atom. The number of carbonyl (C=O) groups excluding carboxylic acids is 2. The lowest BCUT2D eigenvalue weighted by Crippen LogP contribution is -2.15. The van der Waals surface area contributed by atoms with Crippen LogP contribution in [0.25, 0.3) is 22.3 Å². The van der Waals surface area contributed by atoms with Gasteiger partial charge in [-0.3, -0.25) is 19.7 Å². The second-order valence-corrected chi connectivity index (χ2v) is 7.93. The van der Waals surface area contributed by atoms with E-state index < -0.39 is 28.9 Å². The van der Waals surface area contributed by atoms with Crippen LogP contribution in [0.1, 0.15) is 26.3 Å². The highest BCUT2D eigenvalue weighted by Gasteiger charge is 2.22. The summed E-state index contributed by atoms with van der Waals surface area (Å²) >= 11 is 6.17. The van der Waals surface area contributed by atoms with Crippen LogP contribution in [0.15, 0.2) is 73.2 Å². The molecule has 5 aromatic rings. The Kier molecular flexibility index (Phi) is 5.76. The number of aromatic nitrogens is 4. The maximum absolute atomic E-state index is 15.4. The first-order chi connectivity index (χ1) is 16.9. The molecule has 0 saturated carbocycles. The number of rotatable bonds is 5. The zero-order valence-electron chi connectivity index (χ0n) is 17.7. The zero-order chi connectivity index (χ0) is 24.5. The SMILES string of the molecule is O=C(Nc1ccc(Cl)c(C(=O)c2ccc3ncc(-c4cn[nH]c4)nc3c2)c1F)c1ccc(F)cc1. The number of nitrogens with one attached hydrogen (secondary N) is 2. The topological polar surface area (TPSA) is 101 Å². The van der Waals surface area contributed by atoms with Gasteiger partial charge in [0.05, 0.1) is 45.4 Å². The number of carbonyl (C=O) groups is 2.